The molecule has 0 bridgehead atoms. The second kappa shape index (κ2) is 7.50. The number of carbonyl (C=O) groups is 2. The van der Waals surface area contributed by atoms with Crippen LogP contribution in [0.1, 0.15) is 34.3 Å². The average Bonchev–Trinajstić information content (AvgIpc) is 2.53. The molecule has 108 valence electrons. The zero-order chi connectivity index (χ0) is 15.1. The van der Waals surface area contributed by atoms with Crippen molar-refractivity contribution in [1.29, 1.82) is 0 Å². The van der Waals surface area contributed by atoms with Gasteiger partial charge in [0.05, 0.1) is 0 Å². The molecule has 0 amide bonds. The predicted molar refractivity (Wildman–Crippen MR) is 81.3 cm³/mol. The Bertz CT molecular complexity index is 617. The second-order valence-corrected chi connectivity index (χ2v) is 4.89. The minimum atomic E-state index is -0.0684. The fourth-order valence-corrected chi connectivity index (χ4v) is 2.22. The van der Waals surface area contributed by atoms with Crippen LogP contribution >= 0.6 is 0 Å². The number of benzene rings is 2. The first-order valence-corrected chi connectivity index (χ1v) is 7.02. The maximum absolute atomic E-state index is 12.5. The highest BCUT2D eigenvalue weighted by Crippen LogP contribution is 2.16. The van der Waals surface area contributed by atoms with Gasteiger partial charge in [0.15, 0.2) is 5.78 Å². The van der Waals surface area contributed by atoms with Crippen LogP contribution in [-0.2, 0) is 11.2 Å². The van der Waals surface area contributed by atoms with Crippen LogP contribution in [0, 0.1) is 0 Å². The summed E-state index contributed by atoms with van der Waals surface area (Å²) in [6.45, 7) is 0.0103. The molecule has 2 aromatic rings. The number of rotatable bonds is 7. The summed E-state index contributed by atoms with van der Waals surface area (Å²) >= 11 is 0. The van der Waals surface area contributed by atoms with Gasteiger partial charge < -0.3 is 5.11 Å². The fraction of sp³-hybridized carbons (Fsp3) is 0.222. The molecule has 0 aliphatic heterocycles. The zero-order valence-corrected chi connectivity index (χ0v) is 11.8. The van der Waals surface area contributed by atoms with Gasteiger partial charge in [0.25, 0.3) is 0 Å². The van der Waals surface area contributed by atoms with E-state index in [0.29, 0.717) is 24.0 Å². The lowest BCUT2D eigenvalue weighted by Crippen LogP contribution is -2.10. The Labute approximate surface area is 124 Å². The molecule has 0 unspecified atom stereocenters. The van der Waals surface area contributed by atoms with E-state index in [9.17, 15) is 9.59 Å². The first-order valence-electron chi connectivity index (χ1n) is 7.02. The fourth-order valence-electron chi connectivity index (χ4n) is 2.22. The number of Topliss-reactive ketones (excluding diaryl/α,β-unsaturated/α-hetero) is 1. The van der Waals surface area contributed by atoms with Crippen LogP contribution in [0.3, 0.4) is 0 Å². The Hall–Kier alpha value is -2.26. The average molecular weight is 282 g/mol. The summed E-state index contributed by atoms with van der Waals surface area (Å²) in [7, 11) is 0. The Morgan fingerprint density at radius 3 is 2.29 bits per heavy atom. The summed E-state index contributed by atoms with van der Waals surface area (Å²) < 4.78 is 0. The van der Waals surface area contributed by atoms with E-state index in [1.165, 1.54) is 0 Å². The topological polar surface area (TPSA) is 54.4 Å². The molecule has 3 heteroatoms. The molecule has 0 saturated carbocycles. The quantitative estimate of drug-likeness (QED) is 0.794. The molecule has 0 radical (unpaired) electrons. The lowest BCUT2D eigenvalue weighted by atomic mass is 9.95. The Kier molecular flexibility index (Phi) is 5.41. The van der Waals surface area contributed by atoms with Crippen molar-refractivity contribution in [3.63, 3.8) is 0 Å². The molecule has 0 atom stereocenters. The van der Waals surface area contributed by atoms with Gasteiger partial charge in [0.2, 0.25) is 0 Å². The summed E-state index contributed by atoms with van der Waals surface area (Å²) in [6, 6.07) is 16.2. The number of carbonyl (C=O) groups excluding carboxylic acids is 2. The lowest BCUT2D eigenvalue weighted by Gasteiger charge is -2.08. The highest BCUT2D eigenvalue weighted by Gasteiger charge is 2.14. The van der Waals surface area contributed by atoms with Crippen LogP contribution in [0.2, 0.25) is 0 Å². The van der Waals surface area contributed by atoms with Gasteiger partial charge in [-0.2, -0.15) is 0 Å². The molecular formula is C18H18O3. The number of hydrogen-bond acceptors (Lipinski definition) is 3. The molecule has 0 heterocycles. The second-order valence-electron chi connectivity index (χ2n) is 4.89. The van der Waals surface area contributed by atoms with Crippen molar-refractivity contribution in [2.45, 2.75) is 19.3 Å². The number of hydrogen-bond donors (Lipinski definition) is 1. The van der Waals surface area contributed by atoms with Crippen molar-refractivity contribution in [3.8, 4) is 0 Å². The van der Waals surface area contributed by atoms with Gasteiger partial charge in [-0.3, -0.25) is 9.59 Å². The zero-order valence-electron chi connectivity index (χ0n) is 11.8. The van der Waals surface area contributed by atoms with Crippen LogP contribution in [0.15, 0.2) is 54.6 Å². The van der Waals surface area contributed by atoms with Crippen molar-refractivity contribution in [2.24, 2.45) is 0 Å². The van der Waals surface area contributed by atoms with Gasteiger partial charge in [-0.25, -0.2) is 0 Å². The first-order chi connectivity index (χ1) is 10.2. The van der Waals surface area contributed by atoms with Gasteiger partial charge in [-0.05, 0) is 12.0 Å². The molecular weight excluding hydrogens is 264 g/mol. The minimum Gasteiger partial charge on any atom is -0.396 e. The summed E-state index contributed by atoms with van der Waals surface area (Å²) in [4.78, 5) is 24.4. The highest BCUT2D eigenvalue weighted by atomic mass is 16.3. The SMILES string of the molecule is O=C(CCCO)Cc1ccccc1C(=O)c1ccccc1. The van der Waals surface area contributed by atoms with E-state index in [1.54, 1.807) is 24.3 Å². The first kappa shape index (κ1) is 15.1. The van der Waals surface area contributed by atoms with E-state index in [-0.39, 0.29) is 24.6 Å². The van der Waals surface area contributed by atoms with Crippen LogP contribution in [0.4, 0.5) is 0 Å². The van der Waals surface area contributed by atoms with Crippen LogP contribution in [0.25, 0.3) is 0 Å². The van der Waals surface area contributed by atoms with Crippen LogP contribution in [0.5, 0.6) is 0 Å². The third-order valence-corrected chi connectivity index (χ3v) is 3.30. The van der Waals surface area contributed by atoms with Crippen LogP contribution in [-0.4, -0.2) is 23.3 Å². The number of aliphatic hydroxyl groups is 1. The molecule has 0 aromatic heterocycles. The maximum Gasteiger partial charge on any atom is 0.193 e. The van der Waals surface area contributed by atoms with Crippen molar-refractivity contribution in [2.75, 3.05) is 6.61 Å². The predicted octanol–water partition coefficient (Wildman–Crippen LogP) is 2.80. The number of ketones is 2. The third kappa shape index (κ3) is 4.10. The van der Waals surface area contributed by atoms with Crippen molar-refractivity contribution < 1.29 is 14.7 Å². The van der Waals surface area contributed by atoms with Crippen molar-refractivity contribution in [1.82, 2.24) is 0 Å². The highest BCUT2D eigenvalue weighted by molar-refractivity contribution is 6.10. The summed E-state index contributed by atoms with van der Waals surface area (Å²) in [5.74, 6) is -0.0291. The van der Waals surface area contributed by atoms with Crippen LogP contribution < -0.4 is 0 Å². The molecule has 0 aliphatic carbocycles. The maximum atomic E-state index is 12.5. The minimum absolute atomic E-state index is 0.0103. The van der Waals surface area contributed by atoms with Gasteiger partial charge in [-0.15, -0.1) is 0 Å². The standard InChI is InChI=1S/C18H18O3/c19-12-6-10-16(20)13-15-9-4-5-11-17(15)18(21)14-7-2-1-3-8-14/h1-5,7-9,11,19H,6,10,12-13H2. The lowest BCUT2D eigenvalue weighted by molar-refractivity contribution is -0.118. The molecule has 21 heavy (non-hydrogen) atoms. The molecule has 2 rings (SSSR count). The Morgan fingerprint density at radius 2 is 1.57 bits per heavy atom. The molecule has 2 aromatic carbocycles. The van der Waals surface area contributed by atoms with E-state index in [1.807, 2.05) is 30.3 Å². The Balaban J connectivity index is 2.21. The van der Waals surface area contributed by atoms with E-state index in [2.05, 4.69) is 0 Å². The molecule has 0 saturated heterocycles. The van der Waals surface area contributed by atoms with E-state index in [4.69, 9.17) is 5.11 Å². The monoisotopic (exact) mass is 282 g/mol. The summed E-state index contributed by atoms with van der Waals surface area (Å²) in [5.41, 5.74) is 1.93. The van der Waals surface area contributed by atoms with Crippen molar-refractivity contribution in [3.05, 3.63) is 71.3 Å². The molecule has 1 N–H and O–H groups in total. The normalized spacial score (nSPS) is 10.3. The largest absolute Gasteiger partial charge is 0.396 e. The molecule has 0 fully saturated rings. The van der Waals surface area contributed by atoms with Gasteiger partial charge in [-0.1, -0.05) is 54.6 Å². The molecule has 0 spiro atoms. The summed E-state index contributed by atoms with van der Waals surface area (Å²) in [6.07, 6.45) is 1.03. The van der Waals surface area contributed by atoms with E-state index >= 15 is 0 Å². The van der Waals surface area contributed by atoms with Gasteiger partial charge in [0, 0.05) is 30.6 Å². The number of aliphatic hydroxyl groups excluding tert-OH is 1. The van der Waals surface area contributed by atoms with Gasteiger partial charge in [0.1, 0.15) is 5.78 Å². The van der Waals surface area contributed by atoms with E-state index < -0.39 is 0 Å². The Morgan fingerprint density at radius 1 is 0.905 bits per heavy atom. The van der Waals surface area contributed by atoms with Gasteiger partial charge >= 0.3 is 0 Å². The molecule has 3 nitrogen and oxygen atoms in total. The summed E-state index contributed by atoms with van der Waals surface area (Å²) in [5, 5.41) is 8.77. The molecule has 0 aliphatic rings. The smallest absolute Gasteiger partial charge is 0.193 e. The van der Waals surface area contributed by atoms with Crippen molar-refractivity contribution >= 4 is 11.6 Å². The van der Waals surface area contributed by atoms with E-state index in [0.717, 1.165) is 5.56 Å². The third-order valence-electron chi connectivity index (χ3n) is 3.30.